The Morgan fingerprint density at radius 1 is 1.56 bits per heavy atom. The van der Waals surface area contributed by atoms with Crippen LogP contribution in [0.2, 0.25) is 0 Å². The van der Waals surface area contributed by atoms with Gasteiger partial charge in [0, 0.05) is 17.3 Å². The van der Waals surface area contributed by atoms with Crippen LogP contribution in [-0.4, -0.2) is 24.5 Å². The summed E-state index contributed by atoms with van der Waals surface area (Å²) in [5.41, 5.74) is 1.18. The molecule has 1 aromatic heterocycles. The smallest absolute Gasteiger partial charge is 0.230 e. The minimum atomic E-state index is -0.0243. The van der Waals surface area contributed by atoms with Crippen molar-refractivity contribution in [3.05, 3.63) is 10.6 Å². The summed E-state index contributed by atoms with van der Waals surface area (Å²) in [5, 5.41) is 6.64. The average molecular weight is 239 g/mol. The second kappa shape index (κ2) is 4.93. The Balaban J connectivity index is 1.96. The van der Waals surface area contributed by atoms with Gasteiger partial charge in [0.2, 0.25) is 5.91 Å². The molecule has 1 atom stereocenters. The first kappa shape index (κ1) is 11.5. The van der Waals surface area contributed by atoms with E-state index >= 15 is 0 Å². The second-order valence-corrected chi connectivity index (χ2v) is 5.27. The monoisotopic (exact) mass is 239 g/mol. The van der Waals surface area contributed by atoms with Crippen LogP contribution in [0.1, 0.15) is 23.9 Å². The molecule has 2 rings (SSSR count). The van der Waals surface area contributed by atoms with E-state index in [4.69, 9.17) is 0 Å². The lowest BCUT2D eigenvalue weighted by Gasteiger charge is -2.09. The molecular weight excluding hydrogens is 222 g/mol. The molecule has 1 aromatic rings. The normalized spacial score (nSPS) is 15.9. The van der Waals surface area contributed by atoms with Crippen LogP contribution < -0.4 is 10.6 Å². The molecule has 0 aromatic carbocycles. The van der Waals surface area contributed by atoms with E-state index in [0.717, 1.165) is 18.0 Å². The van der Waals surface area contributed by atoms with E-state index in [-0.39, 0.29) is 11.8 Å². The molecule has 5 heteroatoms. The van der Waals surface area contributed by atoms with Gasteiger partial charge in [0.15, 0.2) is 5.13 Å². The largest absolute Gasteiger partial charge is 0.319 e. The van der Waals surface area contributed by atoms with E-state index in [1.54, 1.807) is 11.3 Å². The fourth-order valence-corrected chi connectivity index (χ4v) is 2.92. The Bertz CT molecular complexity index is 367. The van der Waals surface area contributed by atoms with Crippen LogP contribution in [0, 0.1) is 5.92 Å². The van der Waals surface area contributed by atoms with Gasteiger partial charge in [-0.15, -0.1) is 11.3 Å². The molecule has 16 heavy (non-hydrogen) atoms. The number of hydrogen-bond acceptors (Lipinski definition) is 4. The first-order valence-corrected chi connectivity index (χ1v) is 6.46. The minimum Gasteiger partial charge on any atom is -0.319 e. The lowest BCUT2D eigenvalue weighted by molar-refractivity contribution is -0.119. The molecule has 0 spiro atoms. The molecule has 0 aliphatic heterocycles. The van der Waals surface area contributed by atoms with Gasteiger partial charge in [-0.1, -0.05) is 6.92 Å². The molecule has 1 unspecified atom stereocenters. The summed E-state index contributed by atoms with van der Waals surface area (Å²) in [6, 6.07) is 0. The zero-order chi connectivity index (χ0) is 11.5. The van der Waals surface area contributed by atoms with E-state index in [1.165, 1.54) is 17.0 Å². The molecule has 0 fully saturated rings. The SMILES string of the molecule is CNCC(C)C(=O)Nc1nc2c(s1)CCC2. The maximum atomic E-state index is 11.7. The van der Waals surface area contributed by atoms with Crippen LogP contribution in [0.15, 0.2) is 0 Å². The summed E-state index contributed by atoms with van der Waals surface area (Å²) in [6.45, 7) is 2.60. The van der Waals surface area contributed by atoms with E-state index in [9.17, 15) is 4.79 Å². The van der Waals surface area contributed by atoms with Gasteiger partial charge in [0.25, 0.3) is 0 Å². The second-order valence-electron chi connectivity index (χ2n) is 4.19. The predicted octanol–water partition coefficient (Wildman–Crippen LogP) is 1.43. The van der Waals surface area contributed by atoms with Crippen molar-refractivity contribution in [1.29, 1.82) is 0 Å². The van der Waals surface area contributed by atoms with Crippen LogP contribution in [0.3, 0.4) is 0 Å². The minimum absolute atomic E-state index is 0.0243. The van der Waals surface area contributed by atoms with Crippen LogP contribution in [0.4, 0.5) is 5.13 Å². The highest BCUT2D eigenvalue weighted by atomic mass is 32.1. The van der Waals surface area contributed by atoms with E-state index in [2.05, 4.69) is 15.6 Å². The van der Waals surface area contributed by atoms with Crippen LogP contribution in [0.25, 0.3) is 0 Å². The Labute approximate surface area is 99.5 Å². The topological polar surface area (TPSA) is 54.0 Å². The predicted molar refractivity (Wildman–Crippen MR) is 65.9 cm³/mol. The summed E-state index contributed by atoms with van der Waals surface area (Å²) in [4.78, 5) is 17.5. The number of aromatic nitrogens is 1. The van der Waals surface area contributed by atoms with Gasteiger partial charge in [-0.05, 0) is 26.3 Å². The maximum absolute atomic E-state index is 11.7. The zero-order valence-electron chi connectivity index (χ0n) is 9.67. The van der Waals surface area contributed by atoms with Crippen LogP contribution in [-0.2, 0) is 17.6 Å². The van der Waals surface area contributed by atoms with Crippen molar-refractivity contribution in [3.63, 3.8) is 0 Å². The molecule has 0 saturated carbocycles. The van der Waals surface area contributed by atoms with Gasteiger partial charge in [-0.3, -0.25) is 4.79 Å². The highest BCUT2D eigenvalue weighted by molar-refractivity contribution is 7.15. The number of thiazole rings is 1. The number of carbonyl (C=O) groups excluding carboxylic acids is 1. The molecule has 0 radical (unpaired) electrons. The molecule has 1 amide bonds. The third kappa shape index (κ3) is 2.41. The Morgan fingerprint density at radius 3 is 3.06 bits per heavy atom. The molecule has 0 saturated heterocycles. The lowest BCUT2D eigenvalue weighted by atomic mass is 10.2. The Morgan fingerprint density at radius 2 is 2.38 bits per heavy atom. The fraction of sp³-hybridized carbons (Fsp3) is 0.636. The van der Waals surface area contributed by atoms with Gasteiger partial charge in [0.05, 0.1) is 5.69 Å². The van der Waals surface area contributed by atoms with Crippen molar-refractivity contribution >= 4 is 22.4 Å². The number of fused-ring (bicyclic) bond motifs is 1. The molecule has 4 nitrogen and oxygen atoms in total. The summed E-state index contributed by atoms with van der Waals surface area (Å²) >= 11 is 1.62. The standard InChI is InChI=1S/C11H17N3OS/c1-7(6-12-2)10(15)14-11-13-8-4-3-5-9(8)16-11/h7,12H,3-6H2,1-2H3,(H,13,14,15). The van der Waals surface area contributed by atoms with Crippen molar-refractivity contribution in [2.75, 3.05) is 18.9 Å². The highest BCUT2D eigenvalue weighted by Crippen LogP contribution is 2.30. The number of nitrogens with one attached hydrogen (secondary N) is 2. The number of rotatable bonds is 4. The van der Waals surface area contributed by atoms with Gasteiger partial charge < -0.3 is 10.6 Å². The summed E-state index contributed by atoms with van der Waals surface area (Å²) in [6.07, 6.45) is 3.39. The number of amides is 1. The van der Waals surface area contributed by atoms with Gasteiger partial charge in [-0.25, -0.2) is 4.98 Å². The summed E-state index contributed by atoms with van der Waals surface area (Å²) in [5.74, 6) is 0.0190. The van der Waals surface area contributed by atoms with Crippen molar-refractivity contribution in [2.45, 2.75) is 26.2 Å². The van der Waals surface area contributed by atoms with Gasteiger partial charge in [0.1, 0.15) is 0 Å². The molecule has 1 aliphatic rings. The Kier molecular flexibility index (Phi) is 3.56. The molecule has 2 N–H and O–H groups in total. The first-order valence-electron chi connectivity index (χ1n) is 5.64. The number of nitrogens with zero attached hydrogens (tertiary/aromatic N) is 1. The van der Waals surface area contributed by atoms with Gasteiger partial charge in [-0.2, -0.15) is 0 Å². The van der Waals surface area contributed by atoms with Crippen LogP contribution >= 0.6 is 11.3 Å². The Hall–Kier alpha value is -0.940. The molecular formula is C11H17N3OS. The molecule has 1 aliphatic carbocycles. The quantitative estimate of drug-likeness (QED) is 0.835. The van der Waals surface area contributed by atoms with Crippen molar-refractivity contribution in [1.82, 2.24) is 10.3 Å². The molecule has 88 valence electrons. The molecule has 0 bridgehead atoms. The number of aryl methyl sites for hydroxylation is 2. The van der Waals surface area contributed by atoms with E-state index in [0.29, 0.717) is 6.54 Å². The van der Waals surface area contributed by atoms with Crippen LogP contribution in [0.5, 0.6) is 0 Å². The molecule has 1 heterocycles. The number of anilines is 1. The summed E-state index contributed by atoms with van der Waals surface area (Å²) in [7, 11) is 1.85. The average Bonchev–Trinajstić information content (AvgIpc) is 2.78. The third-order valence-corrected chi connectivity index (χ3v) is 3.86. The lowest BCUT2D eigenvalue weighted by Crippen LogP contribution is -2.28. The first-order chi connectivity index (χ1) is 7.70. The number of hydrogen-bond donors (Lipinski definition) is 2. The highest BCUT2D eigenvalue weighted by Gasteiger charge is 2.19. The van der Waals surface area contributed by atoms with E-state index in [1.807, 2.05) is 14.0 Å². The van der Waals surface area contributed by atoms with Crippen molar-refractivity contribution < 1.29 is 4.79 Å². The third-order valence-electron chi connectivity index (χ3n) is 2.78. The van der Waals surface area contributed by atoms with Crippen molar-refractivity contribution in [3.8, 4) is 0 Å². The number of carbonyl (C=O) groups is 1. The fourth-order valence-electron chi connectivity index (χ4n) is 1.87. The zero-order valence-corrected chi connectivity index (χ0v) is 10.5. The van der Waals surface area contributed by atoms with Crippen molar-refractivity contribution in [2.24, 2.45) is 5.92 Å². The van der Waals surface area contributed by atoms with Gasteiger partial charge >= 0.3 is 0 Å². The summed E-state index contributed by atoms with van der Waals surface area (Å²) < 4.78 is 0. The van der Waals surface area contributed by atoms with E-state index < -0.39 is 0 Å². The maximum Gasteiger partial charge on any atom is 0.230 e.